The molecule has 132 valence electrons. The molecule has 0 unspecified atom stereocenters. The topological polar surface area (TPSA) is 89.7 Å². The fourth-order valence-electron chi connectivity index (χ4n) is 2.57. The number of nitrogens with zero attached hydrogens (tertiary/aromatic N) is 2. The fourth-order valence-corrected chi connectivity index (χ4v) is 2.73. The van der Waals surface area contributed by atoms with Crippen LogP contribution >= 0.6 is 11.6 Å². The van der Waals surface area contributed by atoms with Gasteiger partial charge in [-0.1, -0.05) is 11.6 Å². The van der Waals surface area contributed by atoms with E-state index in [4.69, 9.17) is 26.8 Å². The predicted molar refractivity (Wildman–Crippen MR) is 97.6 cm³/mol. The number of rotatable bonds is 4. The number of ether oxygens (including phenoxy) is 2. The van der Waals surface area contributed by atoms with Gasteiger partial charge in [0.1, 0.15) is 11.6 Å². The molecule has 8 heteroatoms. The van der Waals surface area contributed by atoms with Crippen molar-refractivity contribution in [3.8, 4) is 5.75 Å². The van der Waals surface area contributed by atoms with E-state index < -0.39 is 0 Å². The van der Waals surface area contributed by atoms with E-state index in [0.717, 1.165) is 18.8 Å². The maximum Gasteiger partial charge on any atom is 0.260 e. The first-order valence-corrected chi connectivity index (χ1v) is 8.19. The molecule has 3 N–H and O–H groups in total. The van der Waals surface area contributed by atoms with Crippen molar-refractivity contribution < 1.29 is 14.3 Å². The summed E-state index contributed by atoms with van der Waals surface area (Å²) in [6.45, 7) is 3.06. The van der Waals surface area contributed by atoms with Crippen LogP contribution in [0.15, 0.2) is 30.5 Å². The number of anilines is 3. The van der Waals surface area contributed by atoms with Crippen LogP contribution in [0.5, 0.6) is 5.75 Å². The van der Waals surface area contributed by atoms with Crippen LogP contribution in [0.4, 0.5) is 17.2 Å². The molecular formula is C17H19ClN4O3. The summed E-state index contributed by atoms with van der Waals surface area (Å²) in [5.74, 6) is 0.423. The lowest BCUT2D eigenvalue weighted by Crippen LogP contribution is -2.36. The first kappa shape index (κ1) is 17.3. The van der Waals surface area contributed by atoms with Crippen LogP contribution in [-0.2, 0) is 4.74 Å². The number of nitrogen functional groups attached to an aromatic ring is 1. The van der Waals surface area contributed by atoms with E-state index in [1.807, 2.05) is 6.07 Å². The quantitative estimate of drug-likeness (QED) is 0.812. The van der Waals surface area contributed by atoms with Crippen molar-refractivity contribution in [2.24, 2.45) is 0 Å². The van der Waals surface area contributed by atoms with Crippen molar-refractivity contribution in [1.29, 1.82) is 0 Å². The predicted octanol–water partition coefficient (Wildman–Crippen LogP) is 2.41. The summed E-state index contributed by atoms with van der Waals surface area (Å²) in [5.41, 5.74) is 7.37. The van der Waals surface area contributed by atoms with Crippen molar-refractivity contribution in [3.63, 3.8) is 0 Å². The van der Waals surface area contributed by atoms with Gasteiger partial charge in [0, 0.05) is 19.2 Å². The van der Waals surface area contributed by atoms with E-state index in [0.29, 0.717) is 41.1 Å². The summed E-state index contributed by atoms with van der Waals surface area (Å²) in [6.07, 6.45) is 1.73. The van der Waals surface area contributed by atoms with Gasteiger partial charge in [-0.2, -0.15) is 0 Å². The van der Waals surface area contributed by atoms with Gasteiger partial charge in [0.05, 0.1) is 48.5 Å². The van der Waals surface area contributed by atoms with Gasteiger partial charge < -0.3 is 25.4 Å². The second-order valence-electron chi connectivity index (χ2n) is 5.53. The SMILES string of the molecule is COc1cc(N)c(Cl)cc1C(=O)Nc1ccc(N2CCOCC2)cn1. The minimum Gasteiger partial charge on any atom is -0.496 e. The largest absolute Gasteiger partial charge is 0.496 e. The Morgan fingerprint density at radius 2 is 2.12 bits per heavy atom. The molecule has 1 aliphatic heterocycles. The van der Waals surface area contributed by atoms with Gasteiger partial charge in [0.2, 0.25) is 0 Å². The lowest BCUT2D eigenvalue weighted by molar-refractivity contribution is 0.102. The summed E-state index contributed by atoms with van der Waals surface area (Å²) in [6, 6.07) is 6.68. The van der Waals surface area contributed by atoms with E-state index in [1.165, 1.54) is 19.2 Å². The summed E-state index contributed by atoms with van der Waals surface area (Å²) in [7, 11) is 1.47. The molecule has 2 aromatic rings. The highest BCUT2D eigenvalue weighted by Crippen LogP contribution is 2.29. The second-order valence-corrected chi connectivity index (χ2v) is 5.94. The highest BCUT2D eigenvalue weighted by Gasteiger charge is 2.16. The third kappa shape index (κ3) is 3.94. The number of carbonyl (C=O) groups is 1. The second kappa shape index (κ2) is 7.58. The maximum atomic E-state index is 12.5. The van der Waals surface area contributed by atoms with E-state index in [9.17, 15) is 4.79 Å². The van der Waals surface area contributed by atoms with Crippen LogP contribution in [0.25, 0.3) is 0 Å². The Labute approximate surface area is 150 Å². The van der Waals surface area contributed by atoms with E-state index >= 15 is 0 Å². The van der Waals surface area contributed by atoms with Gasteiger partial charge in [-0.15, -0.1) is 0 Å². The Hall–Kier alpha value is -2.51. The van der Waals surface area contributed by atoms with Crippen LogP contribution in [0.3, 0.4) is 0 Å². The van der Waals surface area contributed by atoms with Gasteiger partial charge in [0.15, 0.2) is 0 Å². The smallest absolute Gasteiger partial charge is 0.260 e. The Morgan fingerprint density at radius 3 is 2.76 bits per heavy atom. The number of halogens is 1. The molecule has 1 fully saturated rings. The molecule has 1 saturated heterocycles. The molecule has 7 nitrogen and oxygen atoms in total. The number of hydrogen-bond donors (Lipinski definition) is 2. The zero-order valence-electron chi connectivity index (χ0n) is 13.8. The first-order chi connectivity index (χ1) is 12.1. The molecule has 1 aromatic carbocycles. The third-order valence-electron chi connectivity index (χ3n) is 3.93. The van der Waals surface area contributed by atoms with Gasteiger partial charge in [-0.25, -0.2) is 4.98 Å². The molecule has 1 amide bonds. The summed E-state index contributed by atoms with van der Waals surface area (Å²) >= 11 is 6.00. The van der Waals surface area contributed by atoms with Crippen molar-refractivity contribution in [2.75, 3.05) is 49.4 Å². The average Bonchev–Trinajstić information content (AvgIpc) is 2.65. The number of nitrogens with one attached hydrogen (secondary N) is 1. The van der Waals surface area contributed by atoms with Crippen LogP contribution in [0.1, 0.15) is 10.4 Å². The number of benzene rings is 1. The fraction of sp³-hybridized carbons (Fsp3) is 0.294. The van der Waals surface area contributed by atoms with E-state index in [1.54, 1.807) is 12.3 Å². The minimum atomic E-state index is -0.370. The van der Waals surface area contributed by atoms with Gasteiger partial charge >= 0.3 is 0 Å². The monoisotopic (exact) mass is 362 g/mol. The number of hydrogen-bond acceptors (Lipinski definition) is 6. The molecule has 0 spiro atoms. The van der Waals surface area contributed by atoms with Crippen molar-refractivity contribution in [2.45, 2.75) is 0 Å². The number of nitrogens with two attached hydrogens (primary N) is 1. The molecule has 0 radical (unpaired) electrons. The molecule has 0 aliphatic carbocycles. The van der Waals surface area contributed by atoms with Gasteiger partial charge in [-0.05, 0) is 18.2 Å². The number of amides is 1. The number of carbonyl (C=O) groups excluding carboxylic acids is 1. The minimum absolute atomic E-state index is 0.292. The van der Waals surface area contributed by atoms with Crippen molar-refractivity contribution in [3.05, 3.63) is 41.0 Å². The number of methoxy groups -OCH3 is 1. The van der Waals surface area contributed by atoms with E-state index in [-0.39, 0.29) is 5.91 Å². The third-order valence-corrected chi connectivity index (χ3v) is 4.26. The summed E-state index contributed by atoms with van der Waals surface area (Å²) < 4.78 is 10.5. The van der Waals surface area contributed by atoms with Gasteiger partial charge in [0.25, 0.3) is 5.91 Å². The Morgan fingerprint density at radius 1 is 1.36 bits per heavy atom. The highest BCUT2D eigenvalue weighted by molar-refractivity contribution is 6.33. The molecule has 3 rings (SSSR count). The standard InChI is InChI=1S/C17H19ClN4O3/c1-24-15-9-14(19)13(18)8-12(15)17(23)21-16-3-2-11(10-20-16)22-4-6-25-7-5-22/h2-3,8-10H,4-7,19H2,1H3,(H,20,21,23). The zero-order valence-corrected chi connectivity index (χ0v) is 14.5. The molecule has 1 aromatic heterocycles. The first-order valence-electron chi connectivity index (χ1n) is 7.81. The molecule has 1 aliphatic rings. The number of aromatic nitrogens is 1. The Bertz CT molecular complexity index is 761. The average molecular weight is 363 g/mol. The van der Waals surface area contributed by atoms with Crippen molar-refractivity contribution in [1.82, 2.24) is 4.98 Å². The van der Waals surface area contributed by atoms with Gasteiger partial charge in [-0.3, -0.25) is 4.79 Å². The molecule has 0 saturated carbocycles. The maximum absolute atomic E-state index is 12.5. The molecule has 0 atom stereocenters. The normalized spacial score (nSPS) is 14.2. The molecule has 25 heavy (non-hydrogen) atoms. The number of morpholine rings is 1. The van der Waals surface area contributed by atoms with E-state index in [2.05, 4.69) is 15.2 Å². The number of pyridine rings is 1. The Balaban J connectivity index is 1.74. The Kier molecular flexibility index (Phi) is 5.25. The molecule has 0 bridgehead atoms. The zero-order chi connectivity index (χ0) is 17.8. The summed E-state index contributed by atoms with van der Waals surface area (Å²) in [4.78, 5) is 19.0. The lowest BCUT2D eigenvalue weighted by Gasteiger charge is -2.28. The van der Waals surface area contributed by atoms with Crippen LogP contribution in [0, 0.1) is 0 Å². The van der Waals surface area contributed by atoms with Crippen LogP contribution in [0.2, 0.25) is 5.02 Å². The summed E-state index contributed by atoms with van der Waals surface area (Å²) in [5, 5.41) is 3.03. The molecule has 2 heterocycles. The van der Waals surface area contributed by atoms with Crippen LogP contribution in [-0.4, -0.2) is 44.3 Å². The lowest BCUT2D eigenvalue weighted by atomic mass is 10.1. The van der Waals surface area contributed by atoms with Crippen molar-refractivity contribution >= 4 is 34.7 Å². The van der Waals surface area contributed by atoms with Crippen LogP contribution < -0.4 is 20.7 Å². The molecular weight excluding hydrogens is 344 g/mol. The highest BCUT2D eigenvalue weighted by atomic mass is 35.5.